The van der Waals surface area contributed by atoms with E-state index in [9.17, 15) is 0 Å². The van der Waals surface area contributed by atoms with Gasteiger partial charge in [-0.3, -0.25) is 0 Å². The van der Waals surface area contributed by atoms with Crippen LogP contribution in [0, 0.1) is 0 Å². The van der Waals surface area contributed by atoms with E-state index in [0.29, 0.717) is 5.02 Å². The number of aliphatic hydroxyl groups is 1. The van der Waals surface area contributed by atoms with Gasteiger partial charge >= 0.3 is 0 Å². The van der Waals surface area contributed by atoms with Crippen molar-refractivity contribution >= 4 is 11.6 Å². The Balaban J connectivity index is 2.90. The Morgan fingerprint density at radius 1 is 1.25 bits per heavy atom. The van der Waals surface area contributed by atoms with E-state index in [0.717, 1.165) is 18.4 Å². The van der Waals surface area contributed by atoms with Crippen LogP contribution in [0.2, 0.25) is 5.02 Å². The van der Waals surface area contributed by atoms with Crippen LogP contribution in [-0.2, 0) is 13.0 Å². The number of aliphatic hydroxyl groups excluding tert-OH is 1. The van der Waals surface area contributed by atoms with E-state index >= 15 is 0 Å². The Morgan fingerprint density at radius 3 is 2.50 bits per heavy atom. The molecule has 0 radical (unpaired) electrons. The molecule has 0 atom stereocenters. The van der Waals surface area contributed by atoms with E-state index < -0.39 is 0 Å². The number of hydrogen-bond donors (Lipinski definition) is 1. The van der Waals surface area contributed by atoms with Gasteiger partial charge in [0, 0.05) is 5.02 Å². The van der Waals surface area contributed by atoms with Crippen molar-refractivity contribution in [1.29, 1.82) is 0 Å². The standard InChI is InChI=1S/C10H13ClO/c1-2-3-8-4-9(7-12)6-10(11)5-8/h4-6,12H,2-3,7H2,1H3. The summed E-state index contributed by atoms with van der Waals surface area (Å²) in [5.41, 5.74) is 2.10. The van der Waals surface area contributed by atoms with Crippen molar-refractivity contribution in [1.82, 2.24) is 0 Å². The summed E-state index contributed by atoms with van der Waals surface area (Å²) in [6.07, 6.45) is 2.12. The second-order valence-corrected chi connectivity index (χ2v) is 3.31. The van der Waals surface area contributed by atoms with Crippen LogP contribution in [0.15, 0.2) is 18.2 Å². The first-order chi connectivity index (χ1) is 5.76. The van der Waals surface area contributed by atoms with Crippen LogP contribution >= 0.6 is 11.6 Å². The Hall–Kier alpha value is -0.530. The molecule has 0 aliphatic rings. The van der Waals surface area contributed by atoms with Crippen molar-refractivity contribution in [3.8, 4) is 0 Å². The van der Waals surface area contributed by atoms with Crippen molar-refractivity contribution in [2.45, 2.75) is 26.4 Å². The molecule has 0 aliphatic heterocycles. The average molecular weight is 185 g/mol. The van der Waals surface area contributed by atoms with Crippen LogP contribution in [-0.4, -0.2) is 5.11 Å². The van der Waals surface area contributed by atoms with E-state index in [1.54, 1.807) is 6.07 Å². The van der Waals surface area contributed by atoms with E-state index in [4.69, 9.17) is 16.7 Å². The van der Waals surface area contributed by atoms with Gasteiger partial charge in [0.2, 0.25) is 0 Å². The molecule has 0 bridgehead atoms. The molecule has 0 unspecified atom stereocenters. The fourth-order valence-electron chi connectivity index (χ4n) is 1.24. The summed E-state index contributed by atoms with van der Waals surface area (Å²) in [5, 5.41) is 9.61. The Bertz CT molecular complexity index is 258. The maximum atomic E-state index is 8.90. The lowest BCUT2D eigenvalue weighted by Gasteiger charge is -2.02. The molecule has 0 saturated heterocycles. The van der Waals surface area contributed by atoms with Gasteiger partial charge in [-0.15, -0.1) is 0 Å². The smallest absolute Gasteiger partial charge is 0.0682 e. The van der Waals surface area contributed by atoms with Crippen molar-refractivity contribution < 1.29 is 5.11 Å². The molecule has 0 spiro atoms. The first-order valence-electron chi connectivity index (χ1n) is 4.15. The topological polar surface area (TPSA) is 20.2 Å². The SMILES string of the molecule is CCCc1cc(Cl)cc(CO)c1. The fourth-order valence-corrected chi connectivity index (χ4v) is 1.52. The third-order valence-corrected chi connectivity index (χ3v) is 1.96. The predicted molar refractivity (Wildman–Crippen MR) is 51.4 cm³/mol. The number of halogens is 1. The summed E-state index contributed by atoms with van der Waals surface area (Å²) in [6, 6.07) is 5.74. The summed E-state index contributed by atoms with van der Waals surface area (Å²) in [4.78, 5) is 0. The molecule has 0 aromatic heterocycles. The maximum Gasteiger partial charge on any atom is 0.0682 e. The van der Waals surface area contributed by atoms with Crippen molar-refractivity contribution in [3.63, 3.8) is 0 Å². The van der Waals surface area contributed by atoms with Gasteiger partial charge in [0.15, 0.2) is 0 Å². The van der Waals surface area contributed by atoms with Crippen LogP contribution in [0.4, 0.5) is 0 Å². The quantitative estimate of drug-likeness (QED) is 0.766. The van der Waals surface area contributed by atoms with Gasteiger partial charge in [-0.05, 0) is 29.7 Å². The van der Waals surface area contributed by atoms with E-state index in [1.807, 2.05) is 12.1 Å². The zero-order valence-electron chi connectivity index (χ0n) is 7.18. The van der Waals surface area contributed by atoms with Gasteiger partial charge in [-0.2, -0.15) is 0 Å². The molecule has 66 valence electrons. The van der Waals surface area contributed by atoms with Gasteiger partial charge in [0.05, 0.1) is 6.61 Å². The van der Waals surface area contributed by atoms with Gasteiger partial charge in [-0.25, -0.2) is 0 Å². The van der Waals surface area contributed by atoms with Gasteiger partial charge < -0.3 is 5.11 Å². The Morgan fingerprint density at radius 2 is 1.92 bits per heavy atom. The fraction of sp³-hybridized carbons (Fsp3) is 0.400. The third-order valence-electron chi connectivity index (χ3n) is 1.74. The molecule has 1 aromatic rings. The highest BCUT2D eigenvalue weighted by molar-refractivity contribution is 6.30. The summed E-state index contributed by atoms with van der Waals surface area (Å²) in [7, 11) is 0. The number of rotatable bonds is 3. The summed E-state index contributed by atoms with van der Waals surface area (Å²) >= 11 is 5.85. The molecule has 0 aliphatic carbocycles. The molecule has 1 N–H and O–H groups in total. The minimum Gasteiger partial charge on any atom is -0.392 e. The van der Waals surface area contributed by atoms with Crippen LogP contribution in [0.5, 0.6) is 0 Å². The minimum atomic E-state index is 0.0667. The highest BCUT2D eigenvalue weighted by Gasteiger charge is 1.97. The lowest BCUT2D eigenvalue weighted by atomic mass is 10.1. The Labute approximate surface area is 78.0 Å². The first-order valence-corrected chi connectivity index (χ1v) is 4.53. The largest absolute Gasteiger partial charge is 0.392 e. The monoisotopic (exact) mass is 184 g/mol. The van der Waals surface area contributed by atoms with Gasteiger partial charge in [0.1, 0.15) is 0 Å². The van der Waals surface area contributed by atoms with Crippen LogP contribution in [0.3, 0.4) is 0 Å². The first kappa shape index (κ1) is 9.56. The molecular formula is C10H13ClO. The molecule has 0 fully saturated rings. The zero-order valence-corrected chi connectivity index (χ0v) is 7.93. The summed E-state index contributed by atoms with van der Waals surface area (Å²) < 4.78 is 0. The van der Waals surface area contributed by atoms with E-state index in [1.165, 1.54) is 5.56 Å². The molecular weight excluding hydrogens is 172 g/mol. The summed E-state index contributed by atoms with van der Waals surface area (Å²) in [5.74, 6) is 0. The second kappa shape index (κ2) is 4.48. The maximum absolute atomic E-state index is 8.90. The zero-order chi connectivity index (χ0) is 8.97. The molecule has 12 heavy (non-hydrogen) atoms. The van der Waals surface area contributed by atoms with Crippen LogP contribution < -0.4 is 0 Å². The summed E-state index contributed by atoms with van der Waals surface area (Å²) in [6.45, 7) is 2.19. The van der Waals surface area contributed by atoms with Crippen molar-refractivity contribution in [2.24, 2.45) is 0 Å². The van der Waals surface area contributed by atoms with Crippen LogP contribution in [0.25, 0.3) is 0 Å². The number of benzene rings is 1. The highest BCUT2D eigenvalue weighted by atomic mass is 35.5. The Kier molecular flexibility index (Phi) is 3.57. The van der Waals surface area contributed by atoms with E-state index in [2.05, 4.69) is 6.92 Å². The van der Waals surface area contributed by atoms with Gasteiger partial charge in [0.25, 0.3) is 0 Å². The third kappa shape index (κ3) is 2.50. The van der Waals surface area contributed by atoms with E-state index in [-0.39, 0.29) is 6.61 Å². The molecule has 0 amide bonds. The minimum absolute atomic E-state index is 0.0667. The van der Waals surface area contributed by atoms with Gasteiger partial charge in [-0.1, -0.05) is 31.0 Å². The molecule has 2 heteroatoms. The molecule has 1 aromatic carbocycles. The van der Waals surface area contributed by atoms with Crippen molar-refractivity contribution in [3.05, 3.63) is 34.3 Å². The highest BCUT2D eigenvalue weighted by Crippen LogP contribution is 2.16. The molecule has 1 rings (SSSR count). The molecule has 0 saturated carbocycles. The normalized spacial score (nSPS) is 10.2. The molecule has 1 nitrogen and oxygen atoms in total. The second-order valence-electron chi connectivity index (χ2n) is 2.88. The number of hydrogen-bond acceptors (Lipinski definition) is 1. The predicted octanol–water partition coefficient (Wildman–Crippen LogP) is 2.78. The average Bonchev–Trinajstić information content (AvgIpc) is 2.04. The lowest BCUT2D eigenvalue weighted by molar-refractivity contribution is 0.281. The van der Waals surface area contributed by atoms with Crippen LogP contribution in [0.1, 0.15) is 24.5 Å². The molecule has 0 heterocycles. The van der Waals surface area contributed by atoms with Crippen molar-refractivity contribution in [2.75, 3.05) is 0 Å². The number of aryl methyl sites for hydroxylation is 1. The lowest BCUT2D eigenvalue weighted by Crippen LogP contribution is -1.88.